The number of aromatic amines is 2. The van der Waals surface area contributed by atoms with E-state index in [1.54, 1.807) is 97.9 Å². The predicted octanol–water partition coefficient (Wildman–Crippen LogP) is -4.58. The molecule has 2 heterocycles. The Morgan fingerprint density at radius 1 is 0.406 bits per heavy atom. The standard InChI is InChI=1S/C92H134N24O20S2/c1-50(2)37-65(108-77(121)51(3)38-58-44-100-61-30-17-16-29-60(58)61)82(126)105-62(31-18-20-34-93)78(122)109-67(40-56-25-12-8-13-26-56)83(127)111-68(41-57-27-14-9-15-28-57)84(128)112-69(42-59-45-98-49-102-59)85(129)106-64(33-22-36-99-92(96)97)80(124)116-76(54(6)118)90(134)114-71(47-137)87(131)107-63(32-19-21-35-94)79(123)113-72(48-138)88(132)115-75(53(5)117)89(133)101-46-74(120)104-70(43-73(95)119)86(130)110-66(39-55-23-10-7-11-24-55)81(125)103-52(4)91(135)136/h7-17,23-30,44-45,49-54,62-72,75-76,92,99-100,117-118,137-138H,18-22,31-43,46-48,93-94,96-97H2,1-6H3,(H2,95,119)(H,98,102)(H,101,133)(H,103,125)(H,104,120)(H,105,126)(H,106,129)(H,107,131)(H,108,121)(H,109,122)(H,110,130)(H,111,127)(H,112,128)(H,113,123)(H,114,134)(H,115,132)(H,116,124)(H,135,136)/t51?,52-,53+,54+,62?,63-,64?,65-,66?,67-,68?,69-,70-,71?,72?,75-,76-/m0/s1. The molecule has 0 aliphatic rings. The summed E-state index contributed by atoms with van der Waals surface area (Å²) in [5, 5.41) is 73.3. The molecule has 16 amide bonds. The van der Waals surface area contributed by atoms with Crippen molar-refractivity contribution >= 4 is 137 Å². The molecule has 7 unspecified atom stereocenters. The van der Waals surface area contributed by atoms with E-state index in [2.05, 4.69) is 125 Å². The van der Waals surface area contributed by atoms with Crippen molar-refractivity contribution in [3.63, 3.8) is 0 Å². The molecule has 0 saturated carbocycles. The third-order valence-electron chi connectivity index (χ3n) is 22.2. The number of nitrogens with zero attached hydrogens (tertiary/aromatic N) is 1. The van der Waals surface area contributed by atoms with Gasteiger partial charge >= 0.3 is 5.97 Å². The molecular weight excluding hydrogens is 1830 g/mol. The Bertz CT molecular complexity index is 4990. The molecular formula is C92H134N24O20S2. The van der Waals surface area contributed by atoms with Crippen LogP contribution in [0.15, 0.2) is 134 Å². The predicted molar refractivity (Wildman–Crippen MR) is 517 cm³/mol. The van der Waals surface area contributed by atoms with E-state index in [-0.39, 0.29) is 95.7 Å². The van der Waals surface area contributed by atoms with Crippen LogP contribution in [0.5, 0.6) is 0 Å². The van der Waals surface area contributed by atoms with Crippen molar-refractivity contribution in [3.05, 3.63) is 162 Å². The average Bonchev–Trinajstić information content (AvgIpc) is 1.65. The van der Waals surface area contributed by atoms with Crippen molar-refractivity contribution in [2.75, 3.05) is 37.7 Å². The van der Waals surface area contributed by atoms with Gasteiger partial charge in [-0.1, -0.05) is 130 Å². The number of carbonyl (C=O) groups is 17. The number of rotatable bonds is 62. The van der Waals surface area contributed by atoms with Crippen LogP contribution in [0.25, 0.3) is 10.9 Å². The molecule has 0 spiro atoms. The summed E-state index contributed by atoms with van der Waals surface area (Å²) in [7, 11) is 0. The zero-order valence-electron chi connectivity index (χ0n) is 78.0. The van der Waals surface area contributed by atoms with Crippen molar-refractivity contribution in [2.45, 2.75) is 241 Å². The molecule has 17 atom stereocenters. The number of aromatic nitrogens is 3. The third-order valence-corrected chi connectivity index (χ3v) is 22.9. The van der Waals surface area contributed by atoms with Gasteiger partial charge in [0, 0.05) is 72.1 Å². The summed E-state index contributed by atoms with van der Waals surface area (Å²) in [5.41, 5.74) is 32.5. The van der Waals surface area contributed by atoms with Crippen molar-refractivity contribution in [3.8, 4) is 0 Å². The van der Waals surface area contributed by atoms with Gasteiger partial charge in [0.2, 0.25) is 94.5 Å². The summed E-state index contributed by atoms with van der Waals surface area (Å²) in [5.74, 6) is -18.6. The SMILES string of the molecule is CC(C)C[C@H](NC(=O)C(C)Cc1c[nH]c2ccccc12)C(=O)NC(CCCCN)C(=O)N[C@@H](Cc1ccccc1)C(=O)NC(Cc1ccccc1)C(=O)N[C@@H](Cc1cnc[nH]1)C(=O)NC(CCCNC(N)N)C(=O)N[C@H](C(=O)NC(CS)C(=O)N[C@@H](CCCCN)C(=O)NC(CS)C(=O)N[C@H](C(=O)NCC(=O)N[C@@H](CC(N)=O)C(=O)NC(Cc1ccccc1)C(=O)N[C@@H](C)C(=O)O)[C@@H](C)O)[C@@H](C)O. The number of thiol groups is 2. The summed E-state index contributed by atoms with van der Waals surface area (Å²) in [6.07, 6.45) is -0.0725. The van der Waals surface area contributed by atoms with Crippen LogP contribution < -0.4 is 114 Å². The number of nitrogens with one attached hydrogen (secondary N) is 18. The number of aliphatic hydroxyl groups is 2. The van der Waals surface area contributed by atoms with E-state index in [1.165, 1.54) is 19.4 Å². The first kappa shape index (κ1) is 114. The van der Waals surface area contributed by atoms with Gasteiger partial charge in [-0.3, -0.25) is 86.8 Å². The summed E-state index contributed by atoms with van der Waals surface area (Å²) < 4.78 is 0. The minimum Gasteiger partial charge on any atom is -0.480 e. The molecule has 0 saturated heterocycles. The Morgan fingerprint density at radius 3 is 1.22 bits per heavy atom. The van der Waals surface area contributed by atoms with Crippen LogP contribution in [-0.2, 0) is 114 Å². The van der Waals surface area contributed by atoms with Crippen molar-refractivity contribution < 1.29 is 96.8 Å². The number of carboxylic acid groups (broad SMARTS) is 1. The number of para-hydroxylation sites is 1. The molecule has 2 aromatic heterocycles. The second-order valence-corrected chi connectivity index (χ2v) is 34.9. The zero-order valence-corrected chi connectivity index (χ0v) is 79.8. The zero-order chi connectivity index (χ0) is 102. The normalized spacial score (nSPS) is 15.0. The van der Waals surface area contributed by atoms with Crippen LogP contribution in [0.1, 0.15) is 134 Å². The minimum absolute atomic E-state index is 0.0467. The number of amides is 16. The van der Waals surface area contributed by atoms with Gasteiger partial charge in [-0.2, -0.15) is 25.3 Å². The number of fused-ring (bicyclic) bond motifs is 1. The van der Waals surface area contributed by atoms with Crippen LogP contribution >= 0.6 is 25.3 Å². The van der Waals surface area contributed by atoms with Crippen LogP contribution in [0, 0.1) is 11.8 Å². The minimum atomic E-state index is -1.92. The molecule has 0 aliphatic heterocycles. The van der Waals surface area contributed by atoms with Crippen molar-refractivity contribution in [2.24, 2.45) is 40.5 Å². The Kier molecular flexibility index (Phi) is 48.8. The second-order valence-electron chi connectivity index (χ2n) is 34.1. The van der Waals surface area contributed by atoms with Gasteiger partial charge in [-0.15, -0.1) is 0 Å². The van der Waals surface area contributed by atoms with E-state index < -0.39 is 228 Å². The molecule has 31 N–H and O–H groups in total. The summed E-state index contributed by atoms with van der Waals surface area (Å²) in [4.78, 5) is 249. The third kappa shape index (κ3) is 39.3. The molecule has 0 bridgehead atoms. The number of benzene rings is 4. The largest absolute Gasteiger partial charge is 0.480 e. The molecule has 4 aromatic carbocycles. The highest BCUT2D eigenvalue weighted by molar-refractivity contribution is 7.80. The highest BCUT2D eigenvalue weighted by Crippen LogP contribution is 2.23. The van der Waals surface area contributed by atoms with Gasteiger partial charge in [0.05, 0.1) is 31.5 Å². The van der Waals surface area contributed by atoms with Gasteiger partial charge in [0.1, 0.15) is 90.9 Å². The summed E-state index contributed by atoms with van der Waals surface area (Å²) in [6, 6.07) is 11.3. The Morgan fingerprint density at radius 2 is 0.790 bits per heavy atom. The lowest BCUT2D eigenvalue weighted by Gasteiger charge is -2.29. The van der Waals surface area contributed by atoms with Gasteiger partial charge in [-0.05, 0) is 139 Å². The lowest BCUT2D eigenvalue weighted by Crippen LogP contribution is -2.63. The van der Waals surface area contributed by atoms with E-state index in [4.69, 9.17) is 28.7 Å². The van der Waals surface area contributed by atoms with Crippen LogP contribution in [-0.4, -0.2) is 272 Å². The average molecular weight is 1960 g/mol. The number of primary amides is 1. The maximum Gasteiger partial charge on any atom is 0.325 e. The fraction of sp³-hybridized carbons (Fsp3) is 0.500. The smallest absolute Gasteiger partial charge is 0.325 e. The van der Waals surface area contributed by atoms with E-state index in [9.17, 15) is 82.4 Å². The Labute approximate surface area is 810 Å². The lowest BCUT2D eigenvalue weighted by molar-refractivity contribution is -0.142. The number of imidazole rings is 1. The maximum absolute atomic E-state index is 15.3. The number of nitrogens with two attached hydrogens (primary N) is 5. The molecule has 44 nitrogen and oxygen atoms in total. The molecule has 138 heavy (non-hydrogen) atoms. The molecule has 754 valence electrons. The van der Waals surface area contributed by atoms with Crippen LogP contribution in [0.2, 0.25) is 0 Å². The number of aliphatic hydroxyl groups excluding tert-OH is 2. The van der Waals surface area contributed by atoms with Crippen molar-refractivity contribution in [1.29, 1.82) is 0 Å². The van der Waals surface area contributed by atoms with Gasteiger partial charge < -0.3 is 134 Å². The maximum atomic E-state index is 15.3. The Hall–Kier alpha value is -13.0. The first-order valence-electron chi connectivity index (χ1n) is 45.6. The van der Waals surface area contributed by atoms with Crippen LogP contribution in [0.3, 0.4) is 0 Å². The first-order valence-corrected chi connectivity index (χ1v) is 46.9. The first-order chi connectivity index (χ1) is 65.7. The van der Waals surface area contributed by atoms with Gasteiger partial charge in [0.15, 0.2) is 0 Å². The van der Waals surface area contributed by atoms with Gasteiger partial charge in [0.25, 0.3) is 0 Å². The number of hydrogen-bond donors (Lipinski definition) is 28. The second kappa shape index (κ2) is 59.2. The number of carbonyl (C=O) groups excluding carboxylic acids is 16. The Balaban J connectivity index is 1.17. The quantitative estimate of drug-likeness (QED) is 0.00971. The van der Waals surface area contributed by atoms with Gasteiger partial charge in [-0.25, -0.2) is 4.98 Å². The fourth-order valence-electron chi connectivity index (χ4n) is 14.6. The summed E-state index contributed by atoms with van der Waals surface area (Å²) >= 11 is 8.53. The number of unbranched alkanes of at least 4 members (excludes halogenated alkanes) is 2. The van der Waals surface area contributed by atoms with E-state index in [1.807, 2.05) is 44.3 Å². The topological polar surface area (TPSA) is 718 Å². The van der Waals surface area contributed by atoms with Crippen LogP contribution in [0.4, 0.5) is 0 Å². The number of H-pyrrole nitrogens is 2. The highest BCUT2D eigenvalue weighted by Gasteiger charge is 2.40. The number of carboxylic acids is 1. The molecule has 0 aliphatic carbocycles. The molecule has 6 aromatic rings. The fourth-order valence-corrected chi connectivity index (χ4v) is 15.1. The molecule has 46 heteroatoms. The molecule has 0 fully saturated rings. The number of hydrogen-bond acceptors (Lipinski definition) is 27. The van der Waals surface area contributed by atoms with E-state index in [0.29, 0.717) is 48.1 Å². The van der Waals surface area contributed by atoms with E-state index >= 15 is 14.4 Å². The summed E-state index contributed by atoms with van der Waals surface area (Å²) in [6.45, 7) is 8.40. The number of aliphatic carboxylic acids is 1. The molecule has 6 rings (SSSR count). The monoisotopic (exact) mass is 1960 g/mol. The van der Waals surface area contributed by atoms with E-state index in [0.717, 1.165) is 30.3 Å². The van der Waals surface area contributed by atoms with Crippen molar-refractivity contribution in [1.82, 2.24) is 100 Å². The highest BCUT2D eigenvalue weighted by atomic mass is 32.1. The molecule has 0 radical (unpaired) electrons. The lowest BCUT2D eigenvalue weighted by atomic mass is 9.97.